The van der Waals surface area contributed by atoms with Gasteiger partial charge in [0, 0.05) is 0 Å². The molecule has 0 atom stereocenters. The zero-order valence-electron chi connectivity index (χ0n) is 9.27. The average Bonchev–Trinajstić information content (AvgIpc) is 2.32. The molecule has 0 aliphatic carbocycles. The molecular weight excluding hydrogens is 300 g/mol. The minimum absolute atomic E-state index is 0.431. The molecule has 0 heterocycles. The lowest BCUT2D eigenvalue weighted by molar-refractivity contribution is -0.131. The third kappa shape index (κ3) is 6.49. The Kier molecular flexibility index (Phi) is 8.20. The highest BCUT2D eigenvalue weighted by Crippen LogP contribution is 2.16. The van der Waals surface area contributed by atoms with Gasteiger partial charge < -0.3 is 10.3 Å². The fourth-order valence-corrected chi connectivity index (χ4v) is 1.04. The summed E-state index contributed by atoms with van der Waals surface area (Å²) in [6.07, 6.45) is 1.43. The molecular formula is C11H10Cl3NO3. The van der Waals surface area contributed by atoms with Crippen LogP contribution in [0, 0.1) is 6.92 Å². The van der Waals surface area contributed by atoms with Crippen molar-refractivity contribution in [2.75, 3.05) is 0 Å². The van der Waals surface area contributed by atoms with Crippen LogP contribution in [0.15, 0.2) is 38.9 Å². The zero-order chi connectivity index (χ0) is 14.1. The fourth-order valence-electron chi connectivity index (χ4n) is 0.875. The van der Waals surface area contributed by atoms with Crippen LogP contribution in [0.25, 0.3) is 0 Å². The molecule has 0 fully saturated rings. The van der Waals surface area contributed by atoms with Gasteiger partial charge in [0.15, 0.2) is 5.03 Å². The highest BCUT2D eigenvalue weighted by Gasteiger charge is 2.06. The second-order valence-corrected chi connectivity index (χ2v) is 4.31. The molecule has 0 unspecified atom stereocenters. The van der Waals surface area contributed by atoms with Crippen molar-refractivity contribution in [2.45, 2.75) is 6.92 Å². The van der Waals surface area contributed by atoms with E-state index in [4.69, 9.17) is 45.1 Å². The highest BCUT2D eigenvalue weighted by atomic mass is 35.5. The number of hydrogen-bond acceptors (Lipinski definition) is 3. The lowest BCUT2D eigenvalue weighted by Gasteiger charge is -1.94. The van der Waals surface area contributed by atoms with E-state index in [0.717, 1.165) is 11.1 Å². The Morgan fingerprint density at radius 3 is 2.17 bits per heavy atom. The van der Waals surface area contributed by atoms with Crippen LogP contribution in [0.2, 0.25) is 0 Å². The average molecular weight is 311 g/mol. The van der Waals surface area contributed by atoms with Gasteiger partial charge in [0.05, 0.1) is 6.21 Å². The summed E-state index contributed by atoms with van der Waals surface area (Å²) in [6.45, 7) is 1.97. The first-order valence-corrected chi connectivity index (χ1v) is 5.70. The third-order valence-electron chi connectivity index (χ3n) is 1.74. The predicted octanol–water partition coefficient (Wildman–Crippen LogP) is 3.76. The van der Waals surface area contributed by atoms with Gasteiger partial charge in [0.2, 0.25) is 0 Å². The van der Waals surface area contributed by atoms with E-state index < -0.39 is 15.5 Å². The Morgan fingerprint density at radius 2 is 1.83 bits per heavy atom. The van der Waals surface area contributed by atoms with Gasteiger partial charge >= 0.3 is 5.97 Å². The summed E-state index contributed by atoms with van der Waals surface area (Å²) in [6, 6.07) is 7.72. The Labute approximate surface area is 119 Å². The summed E-state index contributed by atoms with van der Waals surface area (Å²) in [5.74, 6) is -1.33. The number of halogens is 3. The van der Waals surface area contributed by atoms with Crippen molar-refractivity contribution in [3.05, 3.63) is 44.9 Å². The van der Waals surface area contributed by atoms with Crippen molar-refractivity contribution >= 4 is 47.0 Å². The Bertz CT molecular complexity index is 468. The molecule has 0 amide bonds. The van der Waals surface area contributed by atoms with Crippen molar-refractivity contribution in [2.24, 2.45) is 5.16 Å². The van der Waals surface area contributed by atoms with E-state index in [9.17, 15) is 4.79 Å². The molecule has 0 radical (unpaired) electrons. The quantitative estimate of drug-likeness (QED) is 0.378. The number of aryl methyl sites for hydroxylation is 1. The van der Waals surface area contributed by atoms with Gasteiger partial charge in [-0.2, -0.15) is 0 Å². The van der Waals surface area contributed by atoms with E-state index in [1.807, 2.05) is 31.2 Å². The maximum atomic E-state index is 9.78. The van der Waals surface area contributed by atoms with Gasteiger partial charge in [-0.3, -0.25) is 0 Å². The molecule has 1 aromatic rings. The van der Waals surface area contributed by atoms with Crippen LogP contribution < -0.4 is 0 Å². The second kappa shape index (κ2) is 8.80. The van der Waals surface area contributed by atoms with E-state index in [-0.39, 0.29) is 0 Å². The van der Waals surface area contributed by atoms with Crippen molar-refractivity contribution < 1.29 is 15.1 Å². The standard InChI is InChI=1S/C8H9NO.C3HCl3O2/c1-7-4-2-3-5-8(7)6-9-10;4-1(2(5)6)3(7)8/h2-6,10H,1H3;(H,7,8). The molecule has 2 N–H and O–H groups in total. The van der Waals surface area contributed by atoms with Gasteiger partial charge in [-0.25, -0.2) is 4.79 Å². The molecule has 0 aliphatic heterocycles. The molecule has 0 spiro atoms. The summed E-state index contributed by atoms with van der Waals surface area (Å²) < 4.78 is -0.431. The molecule has 0 aliphatic rings. The van der Waals surface area contributed by atoms with E-state index in [0.29, 0.717) is 0 Å². The minimum atomic E-state index is -1.33. The van der Waals surface area contributed by atoms with Crippen LogP contribution in [0.3, 0.4) is 0 Å². The first-order chi connectivity index (χ1) is 8.40. The molecule has 0 saturated heterocycles. The molecule has 1 rings (SSSR count). The van der Waals surface area contributed by atoms with E-state index in [1.54, 1.807) is 0 Å². The maximum Gasteiger partial charge on any atom is 0.349 e. The minimum Gasteiger partial charge on any atom is -0.477 e. The van der Waals surface area contributed by atoms with E-state index in [2.05, 4.69) is 5.16 Å². The molecule has 98 valence electrons. The van der Waals surface area contributed by atoms with Crippen molar-refractivity contribution in [1.29, 1.82) is 0 Å². The van der Waals surface area contributed by atoms with Crippen molar-refractivity contribution in [3.8, 4) is 0 Å². The van der Waals surface area contributed by atoms with E-state index >= 15 is 0 Å². The lowest BCUT2D eigenvalue weighted by atomic mass is 10.1. The number of hydrogen-bond donors (Lipinski definition) is 2. The van der Waals surface area contributed by atoms with E-state index in [1.165, 1.54) is 6.21 Å². The Morgan fingerprint density at radius 1 is 1.28 bits per heavy atom. The molecule has 4 nitrogen and oxygen atoms in total. The van der Waals surface area contributed by atoms with Gasteiger partial charge in [0.1, 0.15) is 4.49 Å². The van der Waals surface area contributed by atoms with Crippen molar-refractivity contribution in [3.63, 3.8) is 0 Å². The normalized spacial score (nSPS) is 9.56. The molecule has 18 heavy (non-hydrogen) atoms. The molecule has 0 bridgehead atoms. The number of benzene rings is 1. The van der Waals surface area contributed by atoms with Gasteiger partial charge in [-0.1, -0.05) is 64.2 Å². The summed E-state index contributed by atoms with van der Waals surface area (Å²) in [5.41, 5.74) is 2.06. The Balaban J connectivity index is 0.000000331. The van der Waals surface area contributed by atoms with Gasteiger partial charge in [-0.05, 0) is 18.1 Å². The first kappa shape index (κ1) is 16.8. The van der Waals surface area contributed by atoms with Crippen LogP contribution in [0.5, 0.6) is 0 Å². The highest BCUT2D eigenvalue weighted by molar-refractivity contribution is 6.62. The number of oxime groups is 1. The third-order valence-corrected chi connectivity index (χ3v) is 2.66. The molecule has 1 aromatic carbocycles. The number of nitrogens with zero attached hydrogens (tertiary/aromatic N) is 1. The van der Waals surface area contributed by atoms with Crippen LogP contribution in [-0.2, 0) is 4.79 Å². The number of carboxylic acids is 1. The van der Waals surface area contributed by atoms with Gasteiger partial charge in [-0.15, -0.1) is 0 Å². The number of carbonyl (C=O) groups is 1. The van der Waals surface area contributed by atoms with Crippen molar-refractivity contribution in [1.82, 2.24) is 0 Å². The SMILES string of the molecule is Cc1ccccc1C=NO.O=C(O)C(Cl)=C(Cl)Cl. The van der Waals surface area contributed by atoms with Crippen LogP contribution in [0.4, 0.5) is 0 Å². The smallest absolute Gasteiger partial charge is 0.349 e. The number of rotatable bonds is 2. The van der Waals surface area contributed by atoms with Crippen LogP contribution in [0.1, 0.15) is 11.1 Å². The largest absolute Gasteiger partial charge is 0.477 e. The second-order valence-electron chi connectivity index (χ2n) is 2.98. The summed E-state index contributed by atoms with van der Waals surface area (Å²) >= 11 is 14.9. The van der Waals surface area contributed by atoms with Crippen LogP contribution in [-0.4, -0.2) is 22.5 Å². The fraction of sp³-hybridized carbons (Fsp3) is 0.0909. The Hall–Kier alpha value is -1.23. The summed E-state index contributed by atoms with van der Waals surface area (Å²) in [4.78, 5) is 9.78. The summed E-state index contributed by atoms with van der Waals surface area (Å²) in [5, 5.41) is 18.6. The zero-order valence-corrected chi connectivity index (χ0v) is 11.5. The number of aliphatic carboxylic acids is 1. The first-order valence-electron chi connectivity index (χ1n) is 4.57. The van der Waals surface area contributed by atoms with Gasteiger partial charge in [0.25, 0.3) is 0 Å². The summed E-state index contributed by atoms with van der Waals surface area (Å²) in [7, 11) is 0. The topological polar surface area (TPSA) is 69.9 Å². The van der Waals surface area contributed by atoms with Crippen LogP contribution >= 0.6 is 34.8 Å². The maximum absolute atomic E-state index is 9.78. The molecule has 0 aromatic heterocycles. The monoisotopic (exact) mass is 309 g/mol. The molecule has 7 heteroatoms. The lowest BCUT2D eigenvalue weighted by Crippen LogP contribution is -1.93. The molecule has 0 saturated carbocycles. The predicted molar refractivity (Wildman–Crippen MR) is 72.8 cm³/mol. The number of carboxylic acid groups (broad SMARTS) is 1.